The fourth-order valence-corrected chi connectivity index (χ4v) is 4.25. The molecule has 0 aromatic carbocycles. The van der Waals surface area contributed by atoms with Crippen molar-refractivity contribution in [1.82, 2.24) is 14.5 Å². The molecule has 5 nitrogen and oxygen atoms in total. The van der Waals surface area contributed by atoms with Crippen molar-refractivity contribution in [2.24, 2.45) is 0 Å². The van der Waals surface area contributed by atoms with Crippen molar-refractivity contribution in [1.29, 1.82) is 0 Å². The molecule has 128 valence electrons. The molecule has 1 aliphatic carbocycles. The summed E-state index contributed by atoms with van der Waals surface area (Å²) in [6, 6.07) is 7.74. The summed E-state index contributed by atoms with van der Waals surface area (Å²) in [5.74, 6) is 1.58. The molecular formula is C19H19N3O2S. The van der Waals surface area contributed by atoms with Gasteiger partial charge >= 0.3 is 5.69 Å². The maximum Gasteiger partial charge on any atom is 0.349 e. The Morgan fingerprint density at radius 2 is 2.00 bits per heavy atom. The van der Waals surface area contributed by atoms with Crippen LogP contribution in [0.2, 0.25) is 0 Å². The fraction of sp³-hybridized carbons (Fsp3) is 0.316. The van der Waals surface area contributed by atoms with Gasteiger partial charge in [-0.15, -0.1) is 11.8 Å². The van der Waals surface area contributed by atoms with E-state index in [9.17, 15) is 4.79 Å². The van der Waals surface area contributed by atoms with Gasteiger partial charge in [-0.1, -0.05) is 0 Å². The Morgan fingerprint density at radius 1 is 1.16 bits per heavy atom. The second kappa shape index (κ2) is 7.27. The molecule has 4 rings (SSSR count). The minimum Gasteiger partial charge on any atom is -0.467 e. The van der Waals surface area contributed by atoms with Crippen molar-refractivity contribution in [2.45, 2.75) is 43.0 Å². The lowest BCUT2D eigenvalue weighted by atomic mass is 9.97. The summed E-state index contributed by atoms with van der Waals surface area (Å²) in [7, 11) is 0. The molecule has 0 fully saturated rings. The van der Waals surface area contributed by atoms with Gasteiger partial charge in [0.2, 0.25) is 0 Å². The number of aromatic nitrogens is 3. The second-order valence-electron chi connectivity index (χ2n) is 6.14. The Kier molecular flexibility index (Phi) is 4.70. The Balaban J connectivity index is 1.66. The van der Waals surface area contributed by atoms with Crippen LogP contribution in [0, 0.1) is 0 Å². The first-order chi connectivity index (χ1) is 12.3. The van der Waals surface area contributed by atoms with E-state index in [2.05, 4.69) is 9.97 Å². The highest BCUT2D eigenvalue weighted by molar-refractivity contribution is 7.98. The second-order valence-corrected chi connectivity index (χ2v) is 7.11. The molecule has 3 heterocycles. The molecule has 6 heteroatoms. The van der Waals surface area contributed by atoms with Crippen LogP contribution in [0.5, 0.6) is 0 Å². The van der Waals surface area contributed by atoms with Crippen molar-refractivity contribution in [3.8, 4) is 0 Å². The van der Waals surface area contributed by atoms with Crippen LogP contribution in [0.3, 0.4) is 0 Å². The molecule has 0 saturated heterocycles. The van der Waals surface area contributed by atoms with Crippen molar-refractivity contribution in [3.05, 3.63) is 76.0 Å². The van der Waals surface area contributed by atoms with Gasteiger partial charge in [0.25, 0.3) is 0 Å². The van der Waals surface area contributed by atoms with Gasteiger partial charge < -0.3 is 4.42 Å². The Labute approximate surface area is 150 Å². The zero-order valence-corrected chi connectivity index (χ0v) is 14.7. The van der Waals surface area contributed by atoms with Gasteiger partial charge in [0.05, 0.1) is 12.8 Å². The van der Waals surface area contributed by atoms with Gasteiger partial charge in [-0.2, -0.15) is 4.98 Å². The van der Waals surface area contributed by atoms with Crippen LogP contribution in [-0.4, -0.2) is 14.5 Å². The van der Waals surface area contributed by atoms with E-state index in [-0.39, 0.29) is 5.69 Å². The molecule has 3 aromatic heterocycles. The van der Waals surface area contributed by atoms with Gasteiger partial charge in [0.15, 0.2) is 0 Å². The molecule has 0 spiro atoms. The molecule has 3 aromatic rings. The number of hydrogen-bond donors (Lipinski definition) is 0. The maximum atomic E-state index is 12.6. The lowest BCUT2D eigenvalue weighted by Crippen LogP contribution is -2.30. The van der Waals surface area contributed by atoms with E-state index in [0.717, 1.165) is 47.9 Å². The van der Waals surface area contributed by atoms with E-state index in [0.29, 0.717) is 6.54 Å². The van der Waals surface area contributed by atoms with E-state index in [1.165, 1.54) is 11.1 Å². The molecule has 0 amide bonds. The van der Waals surface area contributed by atoms with E-state index < -0.39 is 0 Å². The minimum atomic E-state index is -0.186. The Hall–Kier alpha value is -2.34. The first-order valence-corrected chi connectivity index (χ1v) is 9.46. The smallest absolute Gasteiger partial charge is 0.349 e. The van der Waals surface area contributed by atoms with Crippen LogP contribution in [0.4, 0.5) is 0 Å². The fourth-order valence-electron chi connectivity index (χ4n) is 3.22. The van der Waals surface area contributed by atoms with E-state index in [1.807, 2.05) is 24.3 Å². The molecular weight excluding hydrogens is 334 g/mol. The predicted molar refractivity (Wildman–Crippen MR) is 96.7 cm³/mol. The zero-order valence-electron chi connectivity index (χ0n) is 13.9. The number of nitrogens with zero attached hydrogens (tertiary/aromatic N) is 3. The molecule has 25 heavy (non-hydrogen) atoms. The van der Waals surface area contributed by atoms with Crippen LogP contribution in [0.25, 0.3) is 0 Å². The van der Waals surface area contributed by atoms with Gasteiger partial charge in [-0.3, -0.25) is 9.55 Å². The quantitative estimate of drug-likeness (QED) is 0.519. The average molecular weight is 353 g/mol. The third-order valence-corrected chi connectivity index (χ3v) is 5.56. The number of pyridine rings is 1. The lowest BCUT2D eigenvalue weighted by molar-refractivity contribution is 0.471. The first kappa shape index (κ1) is 16.1. The number of furan rings is 1. The summed E-state index contributed by atoms with van der Waals surface area (Å²) in [6.07, 6.45) is 9.40. The molecule has 0 bridgehead atoms. The van der Waals surface area contributed by atoms with Crippen molar-refractivity contribution < 1.29 is 4.42 Å². The van der Waals surface area contributed by atoms with Gasteiger partial charge in [-0.05, 0) is 55.5 Å². The SMILES string of the molecule is O=c1nc(SCc2ccncc2)c2c(n1Cc1ccco1)CCCC2. The molecule has 0 atom stereocenters. The third-order valence-electron chi connectivity index (χ3n) is 4.47. The van der Waals surface area contributed by atoms with E-state index in [1.54, 1.807) is 35.0 Å². The standard InChI is InChI=1S/C19H19N3O2S/c23-19-21-18(25-13-14-7-9-20-10-8-14)16-5-1-2-6-17(16)22(19)12-15-4-3-11-24-15/h3-4,7-11H,1-2,5-6,12-13H2. The Morgan fingerprint density at radius 3 is 2.80 bits per heavy atom. The predicted octanol–water partition coefficient (Wildman–Crippen LogP) is 3.45. The molecule has 1 aliphatic rings. The highest BCUT2D eigenvalue weighted by atomic mass is 32.2. The van der Waals surface area contributed by atoms with E-state index >= 15 is 0 Å². The largest absolute Gasteiger partial charge is 0.467 e. The number of rotatable bonds is 5. The monoisotopic (exact) mass is 353 g/mol. The average Bonchev–Trinajstić information content (AvgIpc) is 3.17. The van der Waals surface area contributed by atoms with Gasteiger partial charge in [-0.25, -0.2) is 4.79 Å². The summed E-state index contributed by atoms with van der Waals surface area (Å²) in [6.45, 7) is 0.455. The Bertz CT molecular complexity index is 904. The highest BCUT2D eigenvalue weighted by Crippen LogP contribution is 2.30. The summed E-state index contributed by atoms with van der Waals surface area (Å²) < 4.78 is 7.20. The number of thioether (sulfide) groups is 1. The lowest BCUT2D eigenvalue weighted by Gasteiger charge is -2.22. The van der Waals surface area contributed by atoms with Crippen LogP contribution in [-0.2, 0) is 25.1 Å². The summed E-state index contributed by atoms with van der Waals surface area (Å²) in [5.41, 5.74) is 3.36. The normalized spacial score (nSPS) is 13.6. The van der Waals surface area contributed by atoms with Crippen molar-refractivity contribution in [2.75, 3.05) is 0 Å². The van der Waals surface area contributed by atoms with Crippen LogP contribution < -0.4 is 5.69 Å². The third kappa shape index (κ3) is 3.54. The highest BCUT2D eigenvalue weighted by Gasteiger charge is 2.21. The van der Waals surface area contributed by atoms with Gasteiger partial charge in [0.1, 0.15) is 10.8 Å². The zero-order chi connectivity index (χ0) is 17.1. The van der Waals surface area contributed by atoms with Crippen molar-refractivity contribution >= 4 is 11.8 Å². The maximum absolute atomic E-state index is 12.6. The van der Waals surface area contributed by atoms with Crippen LogP contribution in [0.15, 0.2) is 57.2 Å². The molecule has 0 N–H and O–H groups in total. The number of fused-ring (bicyclic) bond motifs is 1. The minimum absolute atomic E-state index is 0.186. The molecule has 0 saturated carbocycles. The van der Waals surface area contributed by atoms with Crippen LogP contribution >= 0.6 is 11.8 Å². The topological polar surface area (TPSA) is 60.9 Å². The number of hydrogen-bond acceptors (Lipinski definition) is 5. The summed E-state index contributed by atoms with van der Waals surface area (Å²) >= 11 is 1.64. The van der Waals surface area contributed by atoms with E-state index in [4.69, 9.17) is 4.42 Å². The molecule has 0 aliphatic heterocycles. The van der Waals surface area contributed by atoms with Gasteiger partial charge in [0, 0.05) is 29.4 Å². The van der Waals surface area contributed by atoms with Crippen molar-refractivity contribution in [3.63, 3.8) is 0 Å². The molecule has 0 unspecified atom stereocenters. The summed E-state index contributed by atoms with van der Waals surface area (Å²) in [5, 5.41) is 0.882. The van der Waals surface area contributed by atoms with Crippen LogP contribution in [0.1, 0.15) is 35.4 Å². The first-order valence-electron chi connectivity index (χ1n) is 8.48. The summed E-state index contributed by atoms with van der Waals surface area (Å²) in [4.78, 5) is 21.1. The molecule has 0 radical (unpaired) electrons.